The monoisotopic (exact) mass is 375 g/mol. The molecule has 0 aromatic heterocycles. The summed E-state index contributed by atoms with van der Waals surface area (Å²) in [6.07, 6.45) is 2.47. The Labute approximate surface area is 131 Å². The fourth-order valence-electron chi connectivity index (χ4n) is 2.27. The molecular weight excluding hydrogens is 353 g/mol. The molecule has 1 aliphatic rings. The minimum atomic E-state index is 0. The molecule has 1 unspecified atom stereocenters. The molecule has 4 nitrogen and oxygen atoms in total. The zero-order valence-corrected chi connectivity index (χ0v) is 13.6. The van der Waals surface area contributed by atoms with Crippen molar-refractivity contribution < 1.29 is 5.11 Å². The minimum absolute atomic E-state index is 0. The van der Waals surface area contributed by atoms with Crippen LogP contribution in [0.1, 0.15) is 25.3 Å². The lowest BCUT2D eigenvalue weighted by molar-refractivity contribution is 0.270. The number of nitrogens with zero attached hydrogens (tertiary/aromatic N) is 2. The van der Waals surface area contributed by atoms with Crippen molar-refractivity contribution in [3.8, 4) is 5.75 Å². The van der Waals surface area contributed by atoms with E-state index in [1.54, 1.807) is 12.1 Å². The van der Waals surface area contributed by atoms with Gasteiger partial charge in [-0.1, -0.05) is 19.1 Å². The highest BCUT2D eigenvalue weighted by Gasteiger charge is 2.17. The summed E-state index contributed by atoms with van der Waals surface area (Å²) in [5.41, 5.74) is 7.07. The lowest BCUT2D eigenvalue weighted by Gasteiger charge is -2.31. The van der Waals surface area contributed by atoms with Crippen molar-refractivity contribution in [1.82, 2.24) is 4.90 Å². The summed E-state index contributed by atoms with van der Waals surface area (Å²) in [5.74, 6) is 1.61. The largest absolute Gasteiger partial charge is 0.508 e. The van der Waals surface area contributed by atoms with Gasteiger partial charge in [0.25, 0.3) is 0 Å². The molecule has 1 aliphatic heterocycles. The summed E-state index contributed by atoms with van der Waals surface area (Å²) in [5, 5.41) is 9.20. The third-order valence-corrected chi connectivity index (χ3v) is 3.34. The number of aromatic hydroxyl groups is 1. The molecule has 0 amide bonds. The fraction of sp³-hybridized carbons (Fsp3) is 0.500. The van der Waals surface area contributed by atoms with Gasteiger partial charge in [-0.05, 0) is 36.5 Å². The van der Waals surface area contributed by atoms with E-state index in [0.717, 1.165) is 18.7 Å². The predicted molar refractivity (Wildman–Crippen MR) is 88.8 cm³/mol. The zero-order valence-electron chi connectivity index (χ0n) is 11.2. The molecule has 1 aromatic carbocycles. The highest BCUT2D eigenvalue weighted by molar-refractivity contribution is 14.0. The third-order valence-electron chi connectivity index (χ3n) is 3.34. The second kappa shape index (κ2) is 7.57. The number of hydrogen-bond acceptors (Lipinski definition) is 2. The number of halogens is 1. The Morgan fingerprint density at radius 1 is 1.42 bits per heavy atom. The van der Waals surface area contributed by atoms with Crippen LogP contribution >= 0.6 is 24.0 Å². The van der Waals surface area contributed by atoms with E-state index in [1.165, 1.54) is 12.8 Å². The van der Waals surface area contributed by atoms with E-state index in [4.69, 9.17) is 5.73 Å². The smallest absolute Gasteiger partial charge is 0.191 e. The topological polar surface area (TPSA) is 61.8 Å². The number of rotatable bonds is 2. The Morgan fingerprint density at radius 3 is 2.74 bits per heavy atom. The van der Waals surface area contributed by atoms with Gasteiger partial charge in [0, 0.05) is 13.1 Å². The fourth-order valence-corrected chi connectivity index (χ4v) is 2.27. The van der Waals surface area contributed by atoms with Gasteiger partial charge in [0.1, 0.15) is 5.75 Å². The van der Waals surface area contributed by atoms with Crippen molar-refractivity contribution in [2.75, 3.05) is 13.1 Å². The number of hydrogen-bond donors (Lipinski definition) is 2. The van der Waals surface area contributed by atoms with Gasteiger partial charge in [-0.25, -0.2) is 4.99 Å². The van der Waals surface area contributed by atoms with Crippen molar-refractivity contribution >= 4 is 29.9 Å². The van der Waals surface area contributed by atoms with Gasteiger partial charge in [-0.2, -0.15) is 0 Å². The average molecular weight is 375 g/mol. The molecule has 1 heterocycles. The van der Waals surface area contributed by atoms with Crippen LogP contribution in [0.4, 0.5) is 0 Å². The number of phenolic OH excluding ortho intramolecular Hbond substituents is 1. The quantitative estimate of drug-likeness (QED) is 0.475. The van der Waals surface area contributed by atoms with Crippen molar-refractivity contribution in [3.63, 3.8) is 0 Å². The van der Waals surface area contributed by atoms with Gasteiger partial charge < -0.3 is 15.7 Å². The molecule has 0 radical (unpaired) electrons. The van der Waals surface area contributed by atoms with Crippen molar-refractivity contribution in [3.05, 3.63) is 29.8 Å². The van der Waals surface area contributed by atoms with Gasteiger partial charge in [-0.3, -0.25) is 0 Å². The molecule has 3 N–H and O–H groups in total. The second-order valence-electron chi connectivity index (χ2n) is 5.03. The molecular formula is C14H22IN3O. The zero-order chi connectivity index (χ0) is 13.0. The van der Waals surface area contributed by atoms with E-state index >= 15 is 0 Å². The van der Waals surface area contributed by atoms with Gasteiger partial charge in [0.2, 0.25) is 0 Å². The summed E-state index contributed by atoms with van der Waals surface area (Å²) in [7, 11) is 0. The highest BCUT2D eigenvalue weighted by Crippen LogP contribution is 2.15. The Balaban J connectivity index is 0.00000180. The number of aliphatic imine (C=N–C) groups is 1. The number of piperidine rings is 1. The molecule has 0 aliphatic carbocycles. The standard InChI is InChI=1S/C14H21N3O.HI/c1-11-3-2-8-17(10-11)14(15)16-9-12-4-6-13(18)7-5-12;/h4-7,11,18H,2-3,8-10H2,1H3,(H2,15,16);1H. The highest BCUT2D eigenvalue weighted by atomic mass is 127. The lowest BCUT2D eigenvalue weighted by atomic mass is 10.0. The molecule has 1 saturated heterocycles. The van der Waals surface area contributed by atoms with Crippen LogP contribution in [-0.2, 0) is 6.54 Å². The molecule has 0 bridgehead atoms. The number of likely N-dealkylation sites (tertiary alicyclic amines) is 1. The van der Waals surface area contributed by atoms with Gasteiger partial charge in [0.15, 0.2) is 5.96 Å². The van der Waals surface area contributed by atoms with E-state index in [9.17, 15) is 5.11 Å². The van der Waals surface area contributed by atoms with Crippen LogP contribution in [-0.4, -0.2) is 29.1 Å². The minimum Gasteiger partial charge on any atom is -0.508 e. The SMILES string of the molecule is CC1CCCN(C(N)=NCc2ccc(O)cc2)C1.I. The first kappa shape index (κ1) is 16.1. The number of guanidine groups is 1. The Bertz CT molecular complexity index is 419. The van der Waals surface area contributed by atoms with Crippen LogP contribution in [0.5, 0.6) is 5.75 Å². The first-order valence-corrected chi connectivity index (χ1v) is 6.48. The Kier molecular flexibility index (Phi) is 6.41. The van der Waals surface area contributed by atoms with E-state index in [0.29, 0.717) is 18.4 Å². The number of nitrogens with two attached hydrogens (primary N) is 1. The molecule has 19 heavy (non-hydrogen) atoms. The molecule has 1 atom stereocenters. The summed E-state index contributed by atoms with van der Waals surface area (Å²) in [6.45, 7) is 4.83. The summed E-state index contributed by atoms with van der Waals surface area (Å²) >= 11 is 0. The van der Waals surface area contributed by atoms with Crippen molar-refractivity contribution in [2.45, 2.75) is 26.3 Å². The third kappa shape index (κ3) is 4.89. The molecule has 106 valence electrons. The summed E-state index contributed by atoms with van der Waals surface area (Å²) in [4.78, 5) is 6.58. The normalized spacial score (nSPS) is 19.9. The Hall–Kier alpha value is -0.980. The maximum absolute atomic E-state index is 9.20. The van der Waals surface area contributed by atoms with Gasteiger partial charge in [0.05, 0.1) is 6.54 Å². The maximum Gasteiger partial charge on any atom is 0.191 e. The van der Waals surface area contributed by atoms with E-state index < -0.39 is 0 Å². The first-order chi connectivity index (χ1) is 8.65. The average Bonchev–Trinajstić information content (AvgIpc) is 2.38. The van der Waals surface area contributed by atoms with Gasteiger partial charge in [-0.15, -0.1) is 24.0 Å². The number of phenols is 1. The Morgan fingerprint density at radius 2 is 2.11 bits per heavy atom. The van der Waals surface area contributed by atoms with Crippen LogP contribution in [0.2, 0.25) is 0 Å². The molecule has 1 aromatic rings. The molecule has 0 saturated carbocycles. The van der Waals surface area contributed by atoms with E-state index in [1.807, 2.05) is 12.1 Å². The molecule has 5 heteroatoms. The van der Waals surface area contributed by atoms with Gasteiger partial charge >= 0.3 is 0 Å². The van der Waals surface area contributed by atoms with Crippen LogP contribution < -0.4 is 5.73 Å². The lowest BCUT2D eigenvalue weighted by Crippen LogP contribution is -2.43. The van der Waals surface area contributed by atoms with Crippen LogP contribution in [0.15, 0.2) is 29.3 Å². The maximum atomic E-state index is 9.20. The van der Waals surface area contributed by atoms with Crippen LogP contribution in [0, 0.1) is 5.92 Å². The van der Waals surface area contributed by atoms with Crippen molar-refractivity contribution in [1.29, 1.82) is 0 Å². The summed E-state index contributed by atoms with van der Waals surface area (Å²) < 4.78 is 0. The predicted octanol–water partition coefficient (Wildman–Crippen LogP) is 2.56. The molecule has 2 rings (SSSR count). The first-order valence-electron chi connectivity index (χ1n) is 6.48. The second-order valence-corrected chi connectivity index (χ2v) is 5.03. The number of benzene rings is 1. The molecule has 1 fully saturated rings. The molecule has 0 spiro atoms. The van der Waals surface area contributed by atoms with Crippen LogP contribution in [0.3, 0.4) is 0 Å². The van der Waals surface area contributed by atoms with E-state index in [-0.39, 0.29) is 29.7 Å². The van der Waals surface area contributed by atoms with E-state index in [2.05, 4.69) is 16.8 Å². The van der Waals surface area contributed by atoms with Crippen molar-refractivity contribution in [2.24, 2.45) is 16.6 Å². The summed E-state index contributed by atoms with van der Waals surface area (Å²) in [6, 6.07) is 7.07. The van der Waals surface area contributed by atoms with Crippen LogP contribution in [0.25, 0.3) is 0 Å².